The number of aromatic nitrogens is 2. The lowest BCUT2D eigenvalue weighted by Gasteiger charge is -2.29. The van der Waals surface area contributed by atoms with E-state index in [4.69, 9.17) is 14.7 Å². The number of nitrogens with zero attached hydrogens (tertiary/aromatic N) is 4. The van der Waals surface area contributed by atoms with Crippen molar-refractivity contribution in [3.63, 3.8) is 0 Å². The van der Waals surface area contributed by atoms with E-state index in [-0.39, 0.29) is 0 Å². The zero-order chi connectivity index (χ0) is 24.2. The molecule has 0 aliphatic carbocycles. The Labute approximate surface area is 216 Å². The van der Waals surface area contributed by atoms with Crippen molar-refractivity contribution in [1.29, 1.82) is 0 Å². The van der Waals surface area contributed by atoms with Gasteiger partial charge in [-0.15, -0.1) is 11.3 Å². The van der Waals surface area contributed by atoms with Crippen LogP contribution in [0.25, 0.3) is 21.3 Å². The molecule has 2 aliphatic heterocycles. The highest BCUT2D eigenvalue weighted by molar-refractivity contribution is 7.17. The molecule has 186 valence electrons. The van der Waals surface area contributed by atoms with E-state index >= 15 is 0 Å². The third-order valence-electron chi connectivity index (χ3n) is 7.26. The minimum Gasteiger partial charge on any atom is -0.379 e. The standard InChI is InChI=1S/C29H33N5OS/c1-3-9-22(10-4-1)24-21-36-29-27(24)28(31-26(32-29)20-33-15-17-35-18-16-33)30-19-25(34-13-7-8-14-34)23-11-5-2-6-12-23/h1-6,9-12,21,25H,7-8,13-20H2,(H,30,31,32). The lowest BCUT2D eigenvalue weighted by Crippen LogP contribution is -2.36. The Morgan fingerprint density at radius 3 is 2.36 bits per heavy atom. The lowest BCUT2D eigenvalue weighted by molar-refractivity contribution is 0.0331. The quantitative estimate of drug-likeness (QED) is 0.348. The highest BCUT2D eigenvalue weighted by Crippen LogP contribution is 2.37. The summed E-state index contributed by atoms with van der Waals surface area (Å²) >= 11 is 1.71. The van der Waals surface area contributed by atoms with Crippen LogP contribution in [-0.2, 0) is 11.3 Å². The van der Waals surface area contributed by atoms with Crippen LogP contribution < -0.4 is 5.32 Å². The van der Waals surface area contributed by atoms with E-state index in [1.54, 1.807) is 11.3 Å². The van der Waals surface area contributed by atoms with E-state index in [1.165, 1.54) is 29.5 Å². The van der Waals surface area contributed by atoms with Crippen LogP contribution >= 0.6 is 11.3 Å². The molecule has 6 rings (SSSR count). The van der Waals surface area contributed by atoms with Gasteiger partial charge in [-0.1, -0.05) is 60.7 Å². The van der Waals surface area contributed by atoms with E-state index in [1.807, 2.05) is 0 Å². The minimum absolute atomic E-state index is 0.320. The van der Waals surface area contributed by atoms with Crippen LogP contribution in [-0.4, -0.2) is 65.7 Å². The SMILES string of the molecule is c1ccc(-c2csc3nc(CN4CCOCC4)nc(NCC(c4ccccc4)N4CCCC4)c23)cc1. The fourth-order valence-electron chi connectivity index (χ4n) is 5.35. The number of nitrogens with one attached hydrogen (secondary N) is 1. The average molecular weight is 500 g/mol. The molecule has 0 amide bonds. The van der Waals surface area contributed by atoms with Crippen molar-refractivity contribution in [3.8, 4) is 11.1 Å². The monoisotopic (exact) mass is 499 g/mol. The Bertz CT molecular complexity index is 1270. The molecule has 4 aromatic rings. The zero-order valence-electron chi connectivity index (χ0n) is 20.6. The largest absolute Gasteiger partial charge is 0.379 e. The lowest BCUT2D eigenvalue weighted by atomic mass is 10.0. The second-order valence-corrected chi connectivity index (χ2v) is 10.5. The Kier molecular flexibility index (Phi) is 7.23. The van der Waals surface area contributed by atoms with E-state index in [0.29, 0.717) is 6.04 Å². The molecular weight excluding hydrogens is 466 g/mol. The Balaban J connectivity index is 1.35. The Morgan fingerprint density at radius 1 is 0.889 bits per heavy atom. The van der Waals surface area contributed by atoms with Gasteiger partial charge in [-0.2, -0.15) is 0 Å². The maximum atomic E-state index is 5.54. The predicted molar refractivity (Wildman–Crippen MR) is 147 cm³/mol. The smallest absolute Gasteiger partial charge is 0.146 e. The van der Waals surface area contributed by atoms with Gasteiger partial charge in [0, 0.05) is 30.6 Å². The van der Waals surface area contributed by atoms with Gasteiger partial charge >= 0.3 is 0 Å². The third-order valence-corrected chi connectivity index (χ3v) is 8.13. The summed E-state index contributed by atoms with van der Waals surface area (Å²) in [6.45, 7) is 7.27. The molecule has 2 fully saturated rings. The number of benzene rings is 2. The molecule has 36 heavy (non-hydrogen) atoms. The molecule has 2 aromatic carbocycles. The van der Waals surface area contributed by atoms with Crippen molar-refractivity contribution in [3.05, 3.63) is 77.4 Å². The van der Waals surface area contributed by atoms with Crippen LogP contribution in [0.4, 0.5) is 5.82 Å². The normalized spacial score (nSPS) is 18.0. The topological polar surface area (TPSA) is 53.5 Å². The minimum atomic E-state index is 0.320. The number of fused-ring (bicyclic) bond motifs is 1. The van der Waals surface area contributed by atoms with Crippen LogP contribution in [0.5, 0.6) is 0 Å². The molecule has 7 heteroatoms. The van der Waals surface area contributed by atoms with Gasteiger partial charge in [0.2, 0.25) is 0 Å². The summed E-state index contributed by atoms with van der Waals surface area (Å²) in [5.74, 6) is 1.83. The van der Waals surface area contributed by atoms with E-state index in [9.17, 15) is 0 Å². The van der Waals surface area contributed by atoms with Gasteiger partial charge < -0.3 is 10.1 Å². The highest BCUT2D eigenvalue weighted by atomic mass is 32.1. The molecule has 1 atom stereocenters. The van der Waals surface area contributed by atoms with Gasteiger partial charge in [0.1, 0.15) is 16.5 Å². The summed E-state index contributed by atoms with van der Waals surface area (Å²) in [4.78, 5) is 16.2. The molecule has 2 saturated heterocycles. The number of thiophene rings is 1. The second kappa shape index (κ2) is 11.0. The van der Waals surface area contributed by atoms with Crippen LogP contribution in [0, 0.1) is 0 Å². The maximum Gasteiger partial charge on any atom is 0.146 e. The molecule has 0 spiro atoms. The van der Waals surface area contributed by atoms with E-state index in [0.717, 1.165) is 74.3 Å². The Hall–Kier alpha value is -2.84. The summed E-state index contributed by atoms with van der Waals surface area (Å²) in [5, 5.41) is 7.17. The zero-order valence-corrected chi connectivity index (χ0v) is 21.4. The summed E-state index contributed by atoms with van der Waals surface area (Å²) in [6.07, 6.45) is 2.54. The highest BCUT2D eigenvalue weighted by Gasteiger charge is 2.25. The summed E-state index contributed by atoms with van der Waals surface area (Å²) in [7, 11) is 0. The van der Waals surface area contributed by atoms with Crippen LogP contribution in [0.2, 0.25) is 0 Å². The maximum absolute atomic E-state index is 5.54. The van der Waals surface area contributed by atoms with Crippen molar-refractivity contribution >= 4 is 27.4 Å². The Morgan fingerprint density at radius 2 is 1.61 bits per heavy atom. The van der Waals surface area contributed by atoms with E-state index < -0.39 is 0 Å². The number of hydrogen-bond acceptors (Lipinski definition) is 7. The molecular formula is C29H33N5OS. The molecule has 0 radical (unpaired) electrons. The van der Waals surface area contributed by atoms with Gasteiger partial charge in [-0.3, -0.25) is 9.80 Å². The van der Waals surface area contributed by atoms with Gasteiger partial charge in [-0.25, -0.2) is 9.97 Å². The van der Waals surface area contributed by atoms with Crippen LogP contribution in [0.15, 0.2) is 66.0 Å². The van der Waals surface area contributed by atoms with Crippen LogP contribution in [0.1, 0.15) is 30.3 Å². The fourth-order valence-corrected chi connectivity index (χ4v) is 6.32. The summed E-state index contributed by atoms with van der Waals surface area (Å²) < 4.78 is 5.54. The average Bonchev–Trinajstić information content (AvgIpc) is 3.61. The van der Waals surface area contributed by atoms with Gasteiger partial charge in [-0.05, 0) is 37.1 Å². The first-order valence-corrected chi connectivity index (χ1v) is 13.9. The van der Waals surface area contributed by atoms with Crippen molar-refractivity contribution in [2.75, 3.05) is 51.3 Å². The molecule has 1 unspecified atom stereocenters. The van der Waals surface area contributed by atoms with Crippen molar-refractivity contribution in [2.45, 2.75) is 25.4 Å². The molecule has 0 saturated carbocycles. The number of anilines is 1. The number of ether oxygens (including phenoxy) is 1. The van der Waals surface area contributed by atoms with Gasteiger partial charge in [0.25, 0.3) is 0 Å². The molecule has 0 bridgehead atoms. The van der Waals surface area contributed by atoms with Gasteiger partial charge in [0.15, 0.2) is 0 Å². The van der Waals surface area contributed by atoms with Crippen molar-refractivity contribution < 1.29 is 4.74 Å². The van der Waals surface area contributed by atoms with Gasteiger partial charge in [0.05, 0.1) is 31.2 Å². The first-order valence-electron chi connectivity index (χ1n) is 13.0. The number of morpholine rings is 1. The van der Waals surface area contributed by atoms with Crippen molar-refractivity contribution in [2.24, 2.45) is 0 Å². The molecule has 1 N–H and O–H groups in total. The number of likely N-dealkylation sites (tertiary alicyclic amines) is 1. The fraction of sp³-hybridized carbons (Fsp3) is 0.379. The second-order valence-electron chi connectivity index (χ2n) is 9.62. The van der Waals surface area contributed by atoms with E-state index in [2.05, 4.69) is 81.2 Å². The van der Waals surface area contributed by atoms with Crippen LogP contribution in [0.3, 0.4) is 0 Å². The molecule has 6 nitrogen and oxygen atoms in total. The predicted octanol–water partition coefficient (Wildman–Crippen LogP) is 5.44. The summed E-state index contributed by atoms with van der Waals surface area (Å²) in [6, 6.07) is 21.8. The first kappa shape index (κ1) is 23.6. The molecule has 4 heterocycles. The van der Waals surface area contributed by atoms with Crippen molar-refractivity contribution in [1.82, 2.24) is 19.8 Å². The molecule has 2 aromatic heterocycles. The first-order chi connectivity index (χ1) is 17.8. The third kappa shape index (κ3) is 5.15. The number of hydrogen-bond donors (Lipinski definition) is 1. The summed E-state index contributed by atoms with van der Waals surface area (Å²) in [5.41, 5.74) is 3.77. The molecule has 2 aliphatic rings. The number of rotatable bonds is 8.